The van der Waals surface area contributed by atoms with Gasteiger partial charge in [0.15, 0.2) is 0 Å². The Labute approximate surface area is 131 Å². The number of carbonyl (C=O) groups is 1. The molecule has 1 aromatic rings. The first-order valence-electron chi connectivity index (χ1n) is 8.03. The molecule has 1 atom stereocenters. The van der Waals surface area contributed by atoms with E-state index in [-0.39, 0.29) is 5.91 Å². The molecule has 2 aliphatic rings. The van der Waals surface area contributed by atoms with Gasteiger partial charge in [0.25, 0.3) is 5.91 Å². The summed E-state index contributed by atoms with van der Waals surface area (Å²) in [6.07, 6.45) is 2.75. The molecule has 1 unspecified atom stereocenters. The standard InChI is InChI=1S/C17H24N2O3/c1-21-15-6-4-14(5-7-15)17(20)19-10-8-18(9-11-19)13-16-3-2-12-22-16/h4-7,16H,2-3,8-13H2,1H3. The van der Waals surface area contributed by atoms with Crippen molar-refractivity contribution in [3.63, 3.8) is 0 Å². The minimum absolute atomic E-state index is 0.111. The van der Waals surface area contributed by atoms with Crippen LogP contribution < -0.4 is 4.74 Å². The Bertz CT molecular complexity index is 489. The van der Waals surface area contributed by atoms with Crippen molar-refractivity contribution < 1.29 is 14.3 Å². The predicted molar refractivity (Wildman–Crippen MR) is 84.3 cm³/mol. The Morgan fingerprint density at radius 3 is 2.55 bits per heavy atom. The van der Waals surface area contributed by atoms with Crippen LogP contribution in [0.2, 0.25) is 0 Å². The number of nitrogens with zero attached hydrogens (tertiary/aromatic N) is 2. The molecule has 2 aliphatic heterocycles. The monoisotopic (exact) mass is 304 g/mol. The molecule has 3 rings (SSSR count). The normalized spacial score (nSPS) is 22.8. The zero-order chi connectivity index (χ0) is 15.4. The van der Waals surface area contributed by atoms with Crippen molar-refractivity contribution in [2.45, 2.75) is 18.9 Å². The summed E-state index contributed by atoms with van der Waals surface area (Å²) in [5, 5.41) is 0. The highest BCUT2D eigenvalue weighted by atomic mass is 16.5. The van der Waals surface area contributed by atoms with Crippen LogP contribution in [0.4, 0.5) is 0 Å². The Morgan fingerprint density at radius 2 is 1.95 bits per heavy atom. The van der Waals surface area contributed by atoms with Crippen LogP contribution in [0.15, 0.2) is 24.3 Å². The van der Waals surface area contributed by atoms with E-state index < -0.39 is 0 Å². The SMILES string of the molecule is COc1ccc(C(=O)N2CCN(CC3CCCO3)CC2)cc1. The number of carbonyl (C=O) groups excluding carboxylic acids is 1. The molecule has 5 nitrogen and oxygen atoms in total. The molecular weight excluding hydrogens is 280 g/mol. The third-order valence-corrected chi connectivity index (χ3v) is 4.48. The summed E-state index contributed by atoms with van der Waals surface area (Å²) in [5.74, 6) is 0.886. The maximum Gasteiger partial charge on any atom is 0.253 e. The van der Waals surface area contributed by atoms with Crippen LogP contribution in [0.3, 0.4) is 0 Å². The van der Waals surface area contributed by atoms with Crippen molar-refractivity contribution in [2.24, 2.45) is 0 Å². The first kappa shape index (κ1) is 15.3. The van der Waals surface area contributed by atoms with Crippen LogP contribution in [0.25, 0.3) is 0 Å². The third kappa shape index (κ3) is 3.59. The molecule has 0 N–H and O–H groups in total. The van der Waals surface area contributed by atoms with E-state index in [1.807, 2.05) is 29.2 Å². The maximum absolute atomic E-state index is 12.5. The fraction of sp³-hybridized carbons (Fsp3) is 0.588. The third-order valence-electron chi connectivity index (χ3n) is 4.48. The average molecular weight is 304 g/mol. The van der Waals surface area contributed by atoms with E-state index in [1.54, 1.807) is 7.11 Å². The number of ether oxygens (including phenoxy) is 2. The van der Waals surface area contributed by atoms with Crippen LogP contribution in [-0.4, -0.2) is 68.3 Å². The second kappa shape index (κ2) is 7.11. The summed E-state index contributed by atoms with van der Waals surface area (Å²) in [4.78, 5) is 16.8. The van der Waals surface area contributed by atoms with Gasteiger partial charge in [-0.15, -0.1) is 0 Å². The van der Waals surface area contributed by atoms with Crippen molar-refractivity contribution in [1.82, 2.24) is 9.80 Å². The van der Waals surface area contributed by atoms with Crippen LogP contribution in [0, 0.1) is 0 Å². The van der Waals surface area contributed by atoms with Crippen LogP contribution in [0.1, 0.15) is 23.2 Å². The lowest BCUT2D eigenvalue weighted by Crippen LogP contribution is -2.50. The van der Waals surface area contributed by atoms with Gasteiger partial charge in [0, 0.05) is 44.9 Å². The predicted octanol–water partition coefficient (Wildman–Crippen LogP) is 1.63. The molecule has 120 valence electrons. The van der Waals surface area contributed by atoms with Gasteiger partial charge in [0.05, 0.1) is 13.2 Å². The largest absolute Gasteiger partial charge is 0.497 e. The minimum Gasteiger partial charge on any atom is -0.497 e. The van der Waals surface area contributed by atoms with E-state index in [4.69, 9.17) is 9.47 Å². The van der Waals surface area contributed by atoms with Gasteiger partial charge in [0.2, 0.25) is 0 Å². The fourth-order valence-electron chi connectivity index (χ4n) is 3.13. The molecule has 2 saturated heterocycles. The maximum atomic E-state index is 12.5. The molecule has 0 spiro atoms. The summed E-state index contributed by atoms with van der Waals surface area (Å²) in [6.45, 7) is 5.35. The second-order valence-corrected chi connectivity index (χ2v) is 5.96. The molecule has 0 aromatic heterocycles. The molecule has 0 saturated carbocycles. The van der Waals surface area contributed by atoms with Gasteiger partial charge >= 0.3 is 0 Å². The highest BCUT2D eigenvalue weighted by Crippen LogP contribution is 2.16. The van der Waals surface area contributed by atoms with Gasteiger partial charge < -0.3 is 14.4 Å². The molecule has 2 fully saturated rings. The number of piperazine rings is 1. The fourth-order valence-corrected chi connectivity index (χ4v) is 3.13. The Morgan fingerprint density at radius 1 is 1.23 bits per heavy atom. The van der Waals surface area contributed by atoms with Crippen LogP contribution in [0.5, 0.6) is 5.75 Å². The van der Waals surface area contributed by atoms with Crippen molar-refractivity contribution in [1.29, 1.82) is 0 Å². The van der Waals surface area contributed by atoms with Gasteiger partial charge in [-0.1, -0.05) is 0 Å². The van der Waals surface area contributed by atoms with Crippen molar-refractivity contribution in [2.75, 3.05) is 46.4 Å². The van der Waals surface area contributed by atoms with Gasteiger partial charge in [0.1, 0.15) is 5.75 Å². The zero-order valence-electron chi connectivity index (χ0n) is 13.2. The number of rotatable bonds is 4. The van der Waals surface area contributed by atoms with Crippen molar-refractivity contribution >= 4 is 5.91 Å². The molecule has 22 heavy (non-hydrogen) atoms. The van der Waals surface area contributed by atoms with E-state index in [2.05, 4.69) is 4.90 Å². The smallest absolute Gasteiger partial charge is 0.253 e. The van der Waals surface area contributed by atoms with E-state index in [1.165, 1.54) is 12.8 Å². The lowest BCUT2D eigenvalue weighted by atomic mass is 10.1. The molecule has 1 amide bonds. The van der Waals surface area contributed by atoms with Crippen LogP contribution in [-0.2, 0) is 4.74 Å². The highest BCUT2D eigenvalue weighted by Gasteiger charge is 2.25. The molecule has 5 heteroatoms. The molecule has 0 radical (unpaired) electrons. The molecule has 0 aliphatic carbocycles. The van der Waals surface area contributed by atoms with E-state index >= 15 is 0 Å². The zero-order valence-corrected chi connectivity index (χ0v) is 13.2. The molecular formula is C17H24N2O3. The Kier molecular flexibility index (Phi) is 4.95. The minimum atomic E-state index is 0.111. The van der Waals surface area contributed by atoms with E-state index in [0.29, 0.717) is 6.10 Å². The van der Waals surface area contributed by atoms with Crippen molar-refractivity contribution in [3.05, 3.63) is 29.8 Å². The summed E-state index contributed by atoms with van der Waals surface area (Å²) < 4.78 is 10.8. The van der Waals surface area contributed by atoms with Crippen LogP contribution >= 0.6 is 0 Å². The second-order valence-electron chi connectivity index (χ2n) is 5.96. The summed E-state index contributed by atoms with van der Waals surface area (Å²) in [6, 6.07) is 7.33. The number of amides is 1. The summed E-state index contributed by atoms with van der Waals surface area (Å²) in [7, 11) is 1.63. The quantitative estimate of drug-likeness (QED) is 0.848. The van der Waals surface area contributed by atoms with E-state index in [0.717, 1.165) is 50.6 Å². The Hall–Kier alpha value is -1.59. The summed E-state index contributed by atoms with van der Waals surface area (Å²) >= 11 is 0. The lowest BCUT2D eigenvalue weighted by molar-refractivity contribution is 0.0432. The van der Waals surface area contributed by atoms with Gasteiger partial charge in [-0.2, -0.15) is 0 Å². The van der Waals surface area contributed by atoms with Crippen molar-refractivity contribution in [3.8, 4) is 5.75 Å². The first-order chi connectivity index (χ1) is 10.8. The first-order valence-corrected chi connectivity index (χ1v) is 8.03. The van der Waals surface area contributed by atoms with Gasteiger partial charge in [-0.05, 0) is 37.1 Å². The van der Waals surface area contributed by atoms with Gasteiger partial charge in [-0.25, -0.2) is 0 Å². The Balaban J connectivity index is 1.50. The molecule has 0 bridgehead atoms. The highest BCUT2D eigenvalue weighted by molar-refractivity contribution is 5.94. The topological polar surface area (TPSA) is 42.0 Å². The molecule has 1 aromatic carbocycles. The van der Waals surface area contributed by atoms with E-state index in [9.17, 15) is 4.79 Å². The number of methoxy groups -OCH3 is 1. The summed E-state index contributed by atoms with van der Waals surface area (Å²) in [5.41, 5.74) is 0.730. The van der Waals surface area contributed by atoms with Gasteiger partial charge in [-0.3, -0.25) is 9.69 Å². The number of hydrogen-bond donors (Lipinski definition) is 0. The average Bonchev–Trinajstić information content (AvgIpc) is 3.08. The lowest BCUT2D eigenvalue weighted by Gasteiger charge is -2.35. The number of hydrogen-bond acceptors (Lipinski definition) is 4. The number of benzene rings is 1. The molecule has 2 heterocycles.